The van der Waals surface area contributed by atoms with Crippen molar-refractivity contribution < 1.29 is 42.5 Å². The van der Waals surface area contributed by atoms with E-state index in [1.54, 1.807) is 46.5 Å². The van der Waals surface area contributed by atoms with Gasteiger partial charge in [-0.05, 0) is 82.5 Å². The van der Waals surface area contributed by atoms with Gasteiger partial charge in [-0.1, -0.05) is 68.4 Å². The number of ether oxygens (including phenoxy) is 6. The lowest BCUT2D eigenvalue weighted by atomic mass is 9.79. The molecule has 2 fully saturated rings. The second-order valence-corrected chi connectivity index (χ2v) is 19.9. The van der Waals surface area contributed by atoms with Crippen LogP contribution in [0.5, 0.6) is 11.5 Å². The highest BCUT2D eigenvalue weighted by atomic mass is 31.2. The van der Waals surface area contributed by atoms with Crippen molar-refractivity contribution in [2.45, 2.75) is 109 Å². The number of aromatic nitrogens is 4. The number of H-pyrrole nitrogens is 1. The van der Waals surface area contributed by atoms with Crippen LogP contribution in [0.15, 0.2) is 90.0 Å². The van der Waals surface area contributed by atoms with E-state index >= 15 is 0 Å². The van der Waals surface area contributed by atoms with Gasteiger partial charge >= 0.3 is 5.97 Å². The molecule has 356 valence electrons. The average molecular weight is 938 g/mol. The molecule has 2 aromatic heterocycles. The smallest absolute Gasteiger partial charge is 0.314 e. The van der Waals surface area contributed by atoms with Crippen LogP contribution >= 0.6 is 8.30 Å². The SMILES string of the molecule is COc1ccc(C(OC[C@@]23COC([C@H](n4cnc5c(=O)[nH]c(NC(=O)C(C)C)nc54)O2)[C@H]3OP(CC(=O)OC(C)(C)CC#N)N(C(C)C)C(C)C)(c2ccccc2)c2ccc(OC)cc2)cc1. The molecule has 5 aromatic rings. The number of hydrogen-bond acceptors (Lipinski definition) is 14. The van der Waals surface area contributed by atoms with Crippen molar-refractivity contribution in [3.05, 3.63) is 112 Å². The van der Waals surface area contributed by atoms with Gasteiger partial charge in [-0.15, -0.1) is 0 Å². The van der Waals surface area contributed by atoms with Crippen LogP contribution in [0, 0.1) is 17.2 Å². The van der Waals surface area contributed by atoms with Crippen molar-refractivity contribution in [2.24, 2.45) is 5.92 Å². The largest absolute Gasteiger partial charge is 0.497 e. The monoisotopic (exact) mass is 937 g/mol. The molecule has 0 aliphatic carbocycles. The molecule has 3 aromatic carbocycles. The zero-order valence-corrected chi connectivity index (χ0v) is 40.5. The molecule has 0 spiro atoms. The zero-order chi connectivity index (χ0) is 48.3. The van der Waals surface area contributed by atoms with Crippen molar-refractivity contribution in [1.29, 1.82) is 5.26 Å². The Labute approximate surface area is 391 Å². The third-order valence-corrected chi connectivity index (χ3v) is 14.3. The van der Waals surface area contributed by atoms with Gasteiger partial charge in [0.1, 0.15) is 55.0 Å². The minimum absolute atomic E-state index is 0.00819. The molecule has 2 bridgehead atoms. The molecule has 5 atom stereocenters. The molecule has 2 aliphatic heterocycles. The molecule has 1 amide bonds. The third kappa shape index (κ3) is 10.1. The molecule has 0 radical (unpaired) electrons. The number of fused-ring (bicyclic) bond motifs is 3. The van der Waals surface area contributed by atoms with Crippen LogP contribution in [-0.4, -0.2) is 105 Å². The quantitative estimate of drug-likeness (QED) is 0.0442. The number of carbonyl (C=O) groups is 2. The number of methoxy groups -OCH3 is 2. The number of rotatable bonds is 20. The lowest BCUT2D eigenvalue weighted by Gasteiger charge is -2.42. The normalized spacial score (nSPS) is 19.9. The van der Waals surface area contributed by atoms with Crippen LogP contribution in [0.1, 0.15) is 84.7 Å². The van der Waals surface area contributed by atoms with Crippen molar-refractivity contribution >= 4 is 37.3 Å². The van der Waals surface area contributed by atoms with E-state index in [1.165, 1.54) is 6.33 Å². The van der Waals surface area contributed by atoms with Crippen molar-refractivity contribution in [1.82, 2.24) is 24.2 Å². The lowest BCUT2D eigenvalue weighted by molar-refractivity contribution is -0.201. The summed E-state index contributed by atoms with van der Waals surface area (Å²) >= 11 is 0. The number of nitrogens with one attached hydrogen (secondary N) is 2. The van der Waals surface area contributed by atoms with Crippen LogP contribution in [0.3, 0.4) is 0 Å². The zero-order valence-electron chi connectivity index (χ0n) is 39.6. The molecule has 2 N–H and O–H groups in total. The first-order chi connectivity index (χ1) is 31.9. The molecular formula is C49H60N7O10P. The van der Waals surface area contributed by atoms with Crippen LogP contribution in [0.4, 0.5) is 5.95 Å². The summed E-state index contributed by atoms with van der Waals surface area (Å²) in [6.07, 6.45) is -1.37. The fraction of sp³-hybridized carbons (Fsp3) is 0.469. The fourth-order valence-corrected chi connectivity index (χ4v) is 10.9. The van der Waals surface area contributed by atoms with Gasteiger partial charge in [-0.25, -0.2) is 4.98 Å². The molecule has 67 heavy (non-hydrogen) atoms. The predicted molar refractivity (Wildman–Crippen MR) is 252 cm³/mol. The van der Waals surface area contributed by atoms with E-state index in [9.17, 15) is 19.6 Å². The predicted octanol–water partition coefficient (Wildman–Crippen LogP) is 7.46. The maximum absolute atomic E-state index is 13.9. The van der Waals surface area contributed by atoms with Crippen LogP contribution in [-0.2, 0) is 38.7 Å². The third-order valence-electron chi connectivity index (χ3n) is 11.9. The molecular weight excluding hydrogens is 878 g/mol. The maximum Gasteiger partial charge on any atom is 0.314 e. The first kappa shape index (κ1) is 49.2. The van der Waals surface area contributed by atoms with Gasteiger partial charge < -0.3 is 32.9 Å². The number of anilines is 1. The van der Waals surface area contributed by atoms with Crippen molar-refractivity contribution in [2.75, 3.05) is 38.9 Å². The van der Waals surface area contributed by atoms with E-state index in [-0.39, 0.29) is 66.8 Å². The molecule has 7 rings (SSSR count). The van der Waals surface area contributed by atoms with E-state index in [4.69, 9.17) is 32.9 Å². The number of benzene rings is 3. The number of hydrogen-bond donors (Lipinski definition) is 2. The molecule has 2 aliphatic rings. The Kier molecular flexibility index (Phi) is 14.9. The minimum Gasteiger partial charge on any atom is -0.497 e. The maximum atomic E-state index is 13.9. The number of aromatic amines is 1. The molecule has 2 saturated heterocycles. The van der Waals surface area contributed by atoms with E-state index < -0.39 is 55.1 Å². The van der Waals surface area contributed by atoms with Gasteiger partial charge in [0.15, 0.2) is 17.4 Å². The van der Waals surface area contributed by atoms with Gasteiger partial charge in [0.05, 0.1) is 46.3 Å². The number of imidazole rings is 1. The van der Waals surface area contributed by atoms with Crippen LogP contribution < -0.4 is 20.3 Å². The van der Waals surface area contributed by atoms with E-state index in [2.05, 4.69) is 31.0 Å². The summed E-state index contributed by atoms with van der Waals surface area (Å²) in [4.78, 5) is 51.8. The number of amides is 1. The van der Waals surface area contributed by atoms with Crippen LogP contribution in [0.2, 0.25) is 0 Å². The highest BCUT2D eigenvalue weighted by Crippen LogP contribution is 2.56. The average Bonchev–Trinajstić information content (AvgIpc) is 3.96. The molecule has 17 nitrogen and oxygen atoms in total. The highest BCUT2D eigenvalue weighted by Gasteiger charge is 2.65. The number of nitriles is 1. The summed E-state index contributed by atoms with van der Waals surface area (Å²) < 4.78 is 49.6. The number of esters is 1. The first-order valence-electron chi connectivity index (χ1n) is 22.3. The summed E-state index contributed by atoms with van der Waals surface area (Å²) in [7, 11) is 1.44. The first-order valence-corrected chi connectivity index (χ1v) is 23.7. The van der Waals surface area contributed by atoms with Gasteiger partial charge in [0.2, 0.25) is 11.9 Å². The minimum atomic E-state index is -1.79. The second kappa shape index (κ2) is 20.2. The Morgan fingerprint density at radius 2 is 1.55 bits per heavy atom. The Morgan fingerprint density at radius 3 is 2.10 bits per heavy atom. The Bertz CT molecular complexity index is 2560. The summed E-state index contributed by atoms with van der Waals surface area (Å²) in [5.41, 5.74) is -1.64. The van der Waals surface area contributed by atoms with Crippen LogP contribution in [0.25, 0.3) is 11.2 Å². The van der Waals surface area contributed by atoms with Gasteiger partial charge in [-0.3, -0.25) is 33.9 Å². The topological polar surface area (TPSA) is 201 Å². The molecule has 18 heteroatoms. The summed E-state index contributed by atoms with van der Waals surface area (Å²) in [5.74, 6) is 0.0354. The lowest BCUT2D eigenvalue weighted by Crippen LogP contribution is -2.49. The van der Waals surface area contributed by atoms with Crippen molar-refractivity contribution in [3.63, 3.8) is 0 Å². The van der Waals surface area contributed by atoms with Gasteiger partial charge in [-0.2, -0.15) is 10.2 Å². The fourth-order valence-electron chi connectivity index (χ4n) is 8.71. The van der Waals surface area contributed by atoms with Gasteiger partial charge in [0, 0.05) is 18.0 Å². The van der Waals surface area contributed by atoms with E-state index in [1.807, 2.05) is 107 Å². The highest BCUT2D eigenvalue weighted by molar-refractivity contribution is 7.51. The summed E-state index contributed by atoms with van der Waals surface area (Å²) in [5, 5.41) is 12.2. The summed E-state index contributed by atoms with van der Waals surface area (Å²) in [6, 6.07) is 27.2. The second-order valence-electron chi connectivity index (χ2n) is 18.2. The van der Waals surface area contributed by atoms with Gasteiger partial charge in [0.25, 0.3) is 5.56 Å². The Balaban J connectivity index is 1.37. The Hall–Kier alpha value is -5.73. The van der Waals surface area contributed by atoms with E-state index in [0.29, 0.717) is 11.5 Å². The number of carbonyl (C=O) groups excluding carboxylic acids is 2. The Morgan fingerprint density at radius 1 is 0.955 bits per heavy atom. The summed E-state index contributed by atoms with van der Waals surface area (Å²) in [6.45, 7) is 14.9. The standard InChI is InChI=1S/C49H60N7O10P/c1-30(2)43(58)53-46-52-42-39(44(59)54-46)51-29-55(42)45-40-41(66-67(56(31(3)4)32(5)6)26-38(57)64-47(7,8)24-25-50)48(65-45,27-62-40)28-63-49(33-14-12-11-13-15-33,34-16-20-36(60-9)21-17-34)35-18-22-37(61-10)23-19-35/h11-23,29-32,40-41,45H,24,26-28H2,1-10H3,(H2,52,53,54,58,59)/t40?,41-,45-,48-,67?/m1/s1. The number of nitrogens with zero attached hydrogens (tertiary/aromatic N) is 5. The molecule has 4 heterocycles. The molecule has 2 unspecified atom stereocenters. The van der Waals surface area contributed by atoms with E-state index in [0.717, 1.165) is 16.7 Å². The molecule has 0 saturated carbocycles. The van der Waals surface area contributed by atoms with Crippen molar-refractivity contribution in [3.8, 4) is 17.6 Å².